The Hall–Kier alpha value is -4.68. The van der Waals surface area contributed by atoms with E-state index >= 15 is 0 Å². The lowest BCUT2D eigenvalue weighted by Gasteiger charge is -2.31. The van der Waals surface area contributed by atoms with E-state index in [1.807, 2.05) is 18.2 Å². The molecule has 2 aromatic carbocycles. The Balaban J connectivity index is 1.31. The van der Waals surface area contributed by atoms with Gasteiger partial charge in [-0.15, -0.1) is 0 Å². The fourth-order valence-electron chi connectivity index (χ4n) is 4.68. The molecule has 1 saturated heterocycles. The molecule has 0 spiro atoms. The lowest BCUT2D eigenvalue weighted by Crippen LogP contribution is -2.46. The van der Waals surface area contributed by atoms with Gasteiger partial charge in [-0.2, -0.15) is 0 Å². The second kappa shape index (κ2) is 13.8. The second-order valence-electron chi connectivity index (χ2n) is 9.91. The highest BCUT2D eigenvalue weighted by molar-refractivity contribution is 5.94. The van der Waals surface area contributed by atoms with Crippen molar-refractivity contribution in [3.05, 3.63) is 93.9 Å². The van der Waals surface area contributed by atoms with Gasteiger partial charge in [0.2, 0.25) is 18.6 Å². The van der Waals surface area contributed by atoms with Crippen molar-refractivity contribution in [2.24, 2.45) is 0 Å². The molecule has 0 atom stereocenters. The van der Waals surface area contributed by atoms with E-state index in [1.54, 1.807) is 41.5 Å². The topological polar surface area (TPSA) is 128 Å². The minimum Gasteiger partial charge on any atom is -0.467 e. The second-order valence-corrected chi connectivity index (χ2v) is 9.91. The quantitative estimate of drug-likeness (QED) is 0.181. The van der Waals surface area contributed by atoms with Crippen LogP contribution < -0.4 is 9.47 Å². The Morgan fingerprint density at radius 1 is 0.976 bits per heavy atom. The number of furan rings is 1. The van der Waals surface area contributed by atoms with Gasteiger partial charge in [-0.25, -0.2) is 0 Å². The van der Waals surface area contributed by atoms with Crippen LogP contribution in [0.5, 0.6) is 11.5 Å². The largest absolute Gasteiger partial charge is 0.467 e. The molecule has 0 aliphatic carbocycles. The normalized spacial score (nSPS) is 14.7. The Labute approximate surface area is 242 Å². The van der Waals surface area contributed by atoms with Crippen LogP contribution >= 0.6 is 0 Å². The number of carbonyl (C=O) groups is 2. The average molecular weight is 577 g/mol. The third-order valence-electron chi connectivity index (χ3n) is 7.04. The van der Waals surface area contributed by atoms with Crippen LogP contribution in [0.2, 0.25) is 0 Å². The minimum absolute atomic E-state index is 0.0321. The molecule has 1 fully saturated rings. The number of carbonyl (C=O) groups excluding carboxylic acids is 2. The number of amides is 2. The van der Waals surface area contributed by atoms with E-state index in [-0.39, 0.29) is 43.9 Å². The number of benzene rings is 2. The molecular formula is C30H32N4O8. The number of non-ortho nitro benzene ring substituents is 1. The third-order valence-corrected chi connectivity index (χ3v) is 7.04. The molecule has 2 amide bonds. The summed E-state index contributed by atoms with van der Waals surface area (Å²) in [6, 6.07) is 15.0. The summed E-state index contributed by atoms with van der Waals surface area (Å²) in [6.07, 6.45) is 4.54. The molecule has 2 aliphatic rings. The molecule has 1 aromatic heterocycles. The Kier molecular flexibility index (Phi) is 9.47. The van der Waals surface area contributed by atoms with Gasteiger partial charge in [0.25, 0.3) is 5.69 Å². The lowest BCUT2D eigenvalue weighted by atomic mass is 10.1. The number of ether oxygens (including phenoxy) is 3. The number of fused-ring (bicyclic) bond motifs is 1. The molecule has 3 heterocycles. The van der Waals surface area contributed by atoms with Gasteiger partial charge in [-0.1, -0.05) is 6.07 Å². The summed E-state index contributed by atoms with van der Waals surface area (Å²) in [4.78, 5) is 43.0. The van der Waals surface area contributed by atoms with Gasteiger partial charge in [0.1, 0.15) is 12.3 Å². The molecule has 0 saturated carbocycles. The standard InChI is InChI=1S/C30H32N4O8/c35-29(10-6-23-3-7-25(8-4-23)34(37)38)32(12-11-31-13-16-39-17-14-31)21-30(36)33(20-26-2-1-15-40-26)19-24-5-9-27-28(18-24)42-22-41-27/h1-10,15,18H,11-14,16-17,19-22H2. The van der Waals surface area contributed by atoms with Gasteiger partial charge in [0.15, 0.2) is 11.5 Å². The maximum atomic E-state index is 13.8. The van der Waals surface area contributed by atoms with E-state index in [2.05, 4.69) is 4.90 Å². The predicted octanol–water partition coefficient (Wildman–Crippen LogP) is 3.32. The van der Waals surface area contributed by atoms with Crippen LogP contribution in [-0.4, -0.2) is 84.2 Å². The minimum atomic E-state index is -0.477. The first-order valence-electron chi connectivity index (χ1n) is 13.6. The Morgan fingerprint density at radius 2 is 1.76 bits per heavy atom. The van der Waals surface area contributed by atoms with Crippen molar-refractivity contribution in [1.82, 2.24) is 14.7 Å². The summed E-state index contributed by atoms with van der Waals surface area (Å²) in [6.45, 7) is 4.21. The summed E-state index contributed by atoms with van der Waals surface area (Å²) < 4.78 is 21.9. The van der Waals surface area contributed by atoms with Gasteiger partial charge in [-0.3, -0.25) is 24.6 Å². The zero-order valence-electron chi connectivity index (χ0n) is 23.1. The van der Waals surface area contributed by atoms with Crippen LogP contribution in [0.25, 0.3) is 6.08 Å². The Morgan fingerprint density at radius 3 is 2.50 bits per heavy atom. The van der Waals surface area contributed by atoms with Gasteiger partial charge in [0, 0.05) is 50.9 Å². The number of nitro groups is 1. The molecule has 3 aromatic rings. The van der Waals surface area contributed by atoms with Crippen LogP contribution in [0.15, 0.2) is 71.4 Å². The lowest BCUT2D eigenvalue weighted by molar-refractivity contribution is -0.384. The van der Waals surface area contributed by atoms with E-state index in [1.165, 1.54) is 23.1 Å². The van der Waals surface area contributed by atoms with Crippen molar-refractivity contribution in [2.45, 2.75) is 13.1 Å². The fraction of sp³-hybridized carbons (Fsp3) is 0.333. The van der Waals surface area contributed by atoms with Gasteiger partial charge in [0.05, 0.1) is 30.9 Å². The smallest absolute Gasteiger partial charge is 0.269 e. The van der Waals surface area contributed by atoms with Gasteiger partial charge >= 0.3 is 0 Å². The summed E-state index contributed by atoms with van der Waals surface area (Å²) in [5, 5.41) is 11.0. The van der Waals surface area contributed by atoms with Gasteiger partial charge in [-0.05, 0) is 53.6 Å². The summed E-state index contributed by atoms with van der Waals surface area (Å²) >= 11 is 0. The molecule has 42 heavy (non-hydrogen) atoms. The number of hydrogen-bond acceptors (Lipinski definition) is 9. The van der Waals surface area contributed by atoms with Crippen molar-refractivity contribution in [3.8, 4) is 11.5 Å². The van der Waals surface area contributed by atoms with Crippen LogP contribution in [0.4, 0.5) is 5.69 Å². The molecule has 220 valence electrons. The van der Waals surface area contributed by atoms with Crippen molar-refractivity contribution in [1.29, 1.82) is 0 Å². The van der Waals surface area contributed by atoms with E-state index in [0.717, 1.165) is 18.7 Å². The van der Waals surface area contributed by atoms with Crippen LogP contribution in [0.1, 0.15) is 16.9 Å². The predicted molar refractivity (Wildman–Crippen MR) is 151 cm³/mol. The molecule has 0 unspecified atom stereocenters. The van der Waals surface area contributed by atoms with Crippen molar-refractivity contribution in [3.63, 3.8) is 0 Å². The zero-order valence-corrected chi connectivity index (χ0v) is 23.1. The Bertz CT molecular complexity index is 1400. The average Bonchev–Trinajstić information content (AvgIpc) is 3.70. The van der Waals surface area contributed by atoms with Gasteiger partial charge < -0.3 is 28.4 Å². The van der Waals surface area contributed by atoms with E-state index < -0.39 is 4.92 Å². The molecule has 0 bridgehead atoms. The SMILES string of the molecule is O=C(C=Cc1ccc([N+](=O)[O-])cc1)N(CCN1CCOCC1)CC(=O)N(Cc1ccc2c(c1)OCO2)Cc1ccco1. The maximum Gasteiger partial charge on any atom is 0.269 e. The molecule has 5 rings (SSSR count). The molecule has 0 radical (unpaired) electrons. The van der Waals surface area contributed by atoms with Crippen LogP contribution in [0, 0.1) is 10.1 Å². The van der Waals surface area contributed by atoms with Crippen LogP contribution in [0.3, 0.4) is 0 Å². The molecule has 0 N–H and O–H groups in total. The molecule has 12 nitrogen and oxygen atoms in total. The fourth-order valence-corrected chi connectivity index (χ4v) is 4.68. The number of nitro benzene ring substituents is 1. The van der Waals surface area contributed by atoms with E-state index in [9.17, 15) is 19.7 Å². The summed E-state index contributed by atoms with van der Waals surface area (Å²) in [5.41, 5.74) is 1.45. The van der Waals surface area contributed by atoms with Crippen LogP contribution in [-0.2, 0) is 27.4 Å². The first-order valence-corrected chi connectivity index (χ1v) is 13.6. The summed E-state index contributed by atoms with van der Waals surface area (Å²) in [7, 11) is 0. The van der Waals surface area contributed by atoms with Crippen molar-refractivity contribution >= 4 is 23.6 Å². The van der Waals surface area contributed by atoms with Crippen molar-refractivity contribution in [2.75, 3.05) is 52.7 Å². The van der Waals surface area contributed by atoms with Crippen molar-refractivity contribution < 1.29 is 33.1 Å². The maximum absolute atomic E-state index is 13.8. The summed E-state index contributed by atoms with van der Waals surface area (Å²) in [5.74, 6) is 1.31. The first-order chi connectivity index (χ1) is 20.4. The number of morpholine rings is 1. The highest BCUT2D eigenvalue weighted by Gasteiger charge is 2.24. The first kappa shape index (κ1) is 28.8. The zero-order chi connectivity index (χ0) is 29.3. The monoisotopic (exact) mass is 576 g/mol. The van der Waals surface area contributed by atoms with E-state index in [0.29, 0.717) is 49.1 Å². The number of hydrogen-bond donors (Lipinski definition) is 0. The third kappa shape index (κ3) is 7.74. The number of rotatable bonds is 12. The highest BCUT2D eigenvalue weighted by atomic mass is 16.7. The van der Waals surface area contributed by atoms with E-state index in [4.69, 9.17) is 18.6 Å². The molecule has 2 aliphatic heterocycles. The number of nitrogens with zero attached hydrogens (tertiary/aromatic N) is 4. The molecule has 12 heteroatoms. The molecular weight excluding hydrogens is 544 g/mol. The highest BCUT2D eigenvalue weighted by Crippen LogP contribution is 2.33.